The Bertz CT molecular complexity index is 508. The molecule has 0 aromatic heterocycles. The molecule has 2 N–H and O–H groups in total. The van der Waals surface area contributed by atoms with Crippen LogP contribution in [0.25, 0.3) is 0 Å². The number of likely N-dealkylation sites (N-methyl/N-ethyl adjacent to an activating group) is 1. The molecule has 124 valence electrons. The first-order valence-corrected chi connectivity index (χ1v) is 7.37. The molecule has 0 aliphatic carbocycles. The molecule has 5 nitrogen and oxygen atoms in total. The number of hydrogen-bond donors (Lipinski definition) is 1. The van der Waals surface area contributed by atoms with Crippen molar-refractivity contribution in [1.29, 1.82) is 0 Å². The number of carbonyl (C=O) groups excluding carboxylic acids is 1. The smallest absolute Gasteiger partial charge is 0.243 e. The van der Waals surface area contributed by atoms with Crippen LogP contribution in [0.4, 0.5) is 5.69 Å². The van der Waals surface area contributed by atoms with Crippen LogP contribution < -0.4 is 15.4 Å². The Morgan fingerprint density at radius 3 is 2.64 bits per heavy atom. The Morgan fingerprint density at radius 1 is 1.45 bits per heavy atom. The molecule has 1 aromatic carbocycles. The zero-order valence-corrected chi connectivity index (χ0v) is 14.3. The standard InChI is InChI=1S/C15H21ClN2O3.ClH/c1-18(11-3-4-13(20-2)12(16)9-11)15(19)14(17)10-5-7-21-8-6-10;/h3-4,9-10,14H,5-8,17H2,1-2H3;1H. The third kappa shape index (κ3) is 4.26. The number of amides is 1. The van der Waals surface area contributed by atoms with E-state index in [0.29, 0.717) is 29.7 Å². The second-order valence-electron chi connectivity index (χ2n) is 5.19. The molecule has 2 rings (SSSR count). The number of methoxy groups -OCH3 is 1. The van der Waals surface area contributed by atoms with E-state index in [4.69, 9.17) is 26.8 Å². The molecule has 0 saturated carbocycles. The quantitative estimate of drug-likeness (QED) is 0.907. The van der Waals surface area contributed by atoms with Crippen molar-refractivity contribution in [1.82, 2.24) is 0 Å². The third-order valence-corrected chi connectivity index (χ3v) is 4.21. The van der Waals surface area contributed by atoms with Gasteiger partial charge in [-0.2, -0.15) is 0 Å². The summed E-state index contributed by atoms with van der Waals surface area (Å²) in [6.45, 7) is 1.34. The highest BCUT2D eigenvalue weighted by atomic mass is 35.5. The van der Waals surface area contributed by atoms with Crippen molar-refractivity contribution in [2.24, 2.45) is 11.7 Å². The van der Waals surface area contributed by atoms with Gasteiger partial charge in [-0.05, 0) is 37.0 Å². The zero-order valence-electron chi connectivity index (χ0n) is 12.8. The number of carbonyl (C=O) groups is 1. The number of nitrogens with two attached hydrogens (primary N) is 1. The van der Waals surface area contributed by atoms with Gasteiger partial charge in [0.2, 0.25) is 5.91 Å². The van der Waals surface area contributed by atoms with Crippen molar-refractivity contribution in [3.05, 3.63) is 23.2 Å². The molecule has 0 radical (unpaired) electrons. The van der Waals surface area contributed by atoms with Crippen LogP contribution in [0.3, 0.4) is 0 Å². The maximum absolute atomic E-state index is 12.5. The summed E-state index contributed by atoms with van der Waals surface area (Å²) in [6.07, 6.45) is 1.65. The topological polar surface area (TPSA) is 64.8 Å². The van der Waals surface area contributed by atoms with Crippen LogP contribution in [0, 0.1) is 5.92 Å². The van der Waals surface area contributed by atoms with Gasteiger partial charge in [0.15, 0.2) is 0 Å². The highest BCUT2D eigenvalue weighted by molar-refractivity contribution is 6.32. The first-order chi connectivity index (χ1) is 10.0. The fourth-order valence-electron chi connectivity index (χ4n) is 2.49. The number of anilines is 1. The predicted molar refractivity (Wildman–Crippen MR) is 90.2 cm³/mol. The highest BCUT2D eigenvalue weighted by Gasteiger charge is 2.29. The van der Waals surface area contributed by atoms with Crippen LogP contribution in [-0.4, -0.2) is 39.3 Å². The van der Waals surface area contributed by atoms with Crippen LogP contribution in [0.2, 0.25) is 5.02 Å². The van der Waals surface area contributed by atoms with E-state index in [2.05, 4.69) is 0 Å². The Morgan fingerprint density at radius 2 is 2.09 bits per heavy atom. The molecule has 1 saturated heterocycles. The summed E-state index contributed by atoms with van der Waals surface area (Å²) in [5.41, 5.74) is 6.82. The molecule has 1 aliphatic heterocycles. The average Bonchev–Trinajstić information content (AvgIpc) is 2.53. The van der Waals surface area contributed by atoms with Gasteiger partial charge in [-0.3, -0.25) is 4.79 Å². The summed E-state index contributed by atoms with van der Waals surface area (Å²) in [7, 11) is 3.26. The summed E-state index contributed by atoms with van der Waals surface area (Å²) in [5.74, 6) is 0.639. The summed E-state index contributed by atoms with van der Waals surface area (Å²) in [6, 6.07) is 4.72. The first-order valence-electron chi connectivity index (χ1n) is 6.99. The lowest BCUT2D eigenvalue weighted by Crippen LogP contribution is -2.47. The van der Waals surface area contributed by atoms with Crippen molar-refractivity contribution in [2.45, 2.75) is 18.9 Å². The third-order valence-electron chi connectivity index (χ3n) is 3.91. The summed E-state index contributed by atoms with van der Waals surface area (Å²) in [4.78, 5) is 14.0. The SMILES string of the molecule is COc1ccc(N(C)C(=O)C(N)C2CCOCC2)cc1Cl.Cl. The molecular formula is C15H22Cl2N2O3. The number of nitrogens with zero attached hydrogens (tertiary/aromatic N) is 1. The van der Waals surface area contributed by atoms with E-state index < -0.39 is 6.04 Å². The zero-order chi connectivity index (χ0) is 15.4. The van der Waals surface area contributed by atoms with Gasteiger partial charge in [-0.1, -0.05) is 11.6 Å². The van der Waals surface area contributed by atoms with E-state index in [0.717, 1.165) is 12.8 Å². The molecule has 1 aliphatic rings. The average molecular weight is 349 g/mol. The van der Waals surface area contributed by atoms with E-state index in [1.54, 1.807) is 37.3 Å². The molecule has 1 heterocycles. The number of ether oxygens (including phenoxy) is 2. The van der Waals surface area contributed by atoms with Gasteiger partial charge in [-0.15, -0.1) is 12.4 Å². The number of benzene rings is 1. The maximum Gasteiger partial charge on any atom is 0.243 e. The minimum absolute atomic E-state index is 0. The highest BCUT2D eigenvalue weighted by Crippen LogP contribution is 2.29. The Labute approximate surface area is 142 Å². The minimum Gasteiger partial charge on any atom is -0.495 e. The normalized spacial score (nSPS) is 16.5. The van der Waals surface area contributed by atoms with Crippen molar-refractivity contribution in [3.63, 3.8) is 0 Å². The molecule has 7 heteroatoms. The van der Waals surface area contributed by atoms with Gasteiger partial charge in [0.25, 0.3) is 0 Å². The van der Waals surface area contributed by atoms with Gasteiger partial charge in [0, 0.05) is 25.9 Å². The van der Waals surface area contributed by atoms with Crippen molar-refractivity contribution >= 4 is 35.6 Å². The fraction of sp³-hybridized carbons (Fsp3) is 0.533. The van der Waals surface area contributed by atoms with Crippen LogP contribution >= 0.6 is 24.0 Å². The monoisotopic (exact) mass is 348 g/mol. The number of hydrogen-bond acceptors (Lipinski definition) is 4. The van der Waals surface area contributed by atoms with E-state index >= 15 is 0 Å². The summed E-state index contributed by atoms with van der Waals surface area (Å²) in [5, 5.41) is 0.467. The Balaban J connectivity index is 0.00000242. The fourth-order valence-corrected chi connectivity index (χ4v) is 2.74. The molecule has 1 fully saturated rings. The Hall–Kier alpha value is -1.01. The lowest BCUT2D eigenvalue weighted by molar-refractivity contribution is -0.121. The number of halogens is 2. The van der Waals surface area contributed by atoms with Gasteiger partial charge >= 0.3 is 0 Å². The van der Waals surface area contributed by atoms with E-state index in [1.165, 1.54) is 0 Å². The molecule has 1 unspecified atom stereocenters. The van der Waals surface area contributed by atoms with Crippen molar-refractivity contribution in [3.8, 4) is 5.75 Å². The maximum atomic E-state index is 12.5. The van der Waals surface area contributed by atoms with Crippen molar-refractivity contribution < 1.29 is 14.3 Å². The molecular weight excluding hydrogens is 327 g/mol. The predicted octanol–water partition coefficient (Wildman–Crippen LogP) is 2.49. The van der Waals surface area contributed by atoms with E-state index in [-0.39, 0.29) is 24.2 Å². The molecule has 22 heavy (non-hydrogen) atoms. The molecule has 1 aromatic rings. The number of rotatable bonds is 4. The van der Waals surface area contributed by atoms with Crippen LogP contribution in [-0.2, 0) is 9.53 Å². The van der Waals surface area contributed by atoms with Gasteiger partial charge < -0.3 is 20.1 Å². The van der Waals surface area contributed by atoms with E-state index in [1.807, 2.05) is 0 Å². The Kier molecular flexibility index (Phi) is 7.42. The first kappa shape index (κ1) is 19.0. The summed E-state index contributed by atoms with van der Waals surface area (Å²) < 4.78 is 10.4. The second-order valence-corrected chi connectivity index (χ2v) is 5.60. The second kappa shape index (κ2) is 8.58. The van der Waals surface area contributed by atoms with Crippen LogP contribution in [0.1, 0.15) is 12.8 Å². The molecule has 0 bridgehead atoms. The lowest BCUT2D eigenvalue weighted by atomic mass is 9.91. The largest absolute Gasteiger partial charge is 0.495 e. The van der Waals surface area contributed by atoms with Crippen molar-refractivity contribution in [2.75, 3.05) is 32.3 Å². The minimum atomic E-state index is -0.514. The van der Waals surface area contributed by atoms with Crippen LogP contribution in [0.15, 0.2) is 18.2 Å². The van der Waals surface area contributed by atoms with E-state index in [9.17, 15) is 4.79 Å². The lowest BCUT2D eigenvalue weighted by Gasteiger charge is -2.30. The molecule has 1 amide bonds. The van der Waals surface area contributed by atoms with Crippen LogP contribution in [0.5, 0.6) is 5.75 Å². The van der Waals surface area contributed by atoms with Gasteiger partial charge in [0.05, 0.1) is 18.2 Å². The van der Waals surface area contributed by atoms with Gasteiger partial charge in [0.1, 0.15) is 5.75 Å². The summed E-state index contributed by atoms with van der Waals surface area (Å²) >= 11 is 6.10. The molecule has 1 atom stereocenters. The van der Waals surface area contributed by atoms with Gasteiger partial charge in [-0.25, -0.2) is 0 Å². The molecule has 0 spiro atoms.